The van der Waals surface area contributed by atoms with E-state index in [9.17, 15) is 8.42 Å². The van der Waals surface area contributed by atoms with E-state index in [1.54, 1.807) is 6.20 Å². The zero-order chi connectivity index (χ0) is 14.6. The van der Waals surface area contributed by atoms with Gasteiger partial charge in [0.1, 0.15) is 15.7 Å². The summed E-state index contributed by atoms with van der Waals surface area (Å²) in [5, 5.41) is 6.30. The SMILES string of the molecule is CCNc1cn2ccnc2c(NCCCS(C)(=O)=O)n1. The zero-order valence-corrected chi connectivity index (χ0v) is 12.4. The number of nitrogens with one attached hydrogen (secondary N) is 2. The minimum atomic E-state index is -2.92. The molecule has 0 radical (unpaired) electrons. The smallest absolute Gasteiger partial charge is 0.180 e. The monoisotopic (exact) mass is 297 g/mol. The van der Waals surface area contributed by atoms with Gasteiger partial charge in [-0.3, -0.25) is 0 Å². The predicted molar refractivity (Wildman–Crippen MR) is 80.0 cm³/mol. The van der Waals surface area contributed by atoms with E-state index in [0.717, 1.165) is 18.0 Å². The van der Waals surface area contributed by atoms with Crippen LogP contribution in [0.1, 0.15) is 13.3 Å². The molecule has 0 amide bonds. The van der Waals surface area contributed by atoms with Crippen LogP contribution in [0.2, 0.25) is 0 Å². The van der Waals surface area contributed by atoms with Crippen LogP contribution in [0.15, 0.2) is 18.6 Å². The van der Waals surface area contributed by atoms with Crippen molar-refractivity contribution in [1.29, 1.82) is 0 Å². The number of rotatable bonds is 7. The van der Waals surface area contributed by atoms with Crippen molar-refractivity contribution >= 4 is 27.1 Å². The fraction of sp³-hybridized carbons (Fsp3) is 0.500. The van der Waals surface area contributed by atoms with Crippen molar-refractivity contribution < 1.29 is 8.42 Å². The Labute approximate surface area is 118 Å². The van der Waals surface area contributed by atoms with E-state index >= 15 is 0 Å². The molecule has 2 aromatic heterocycles. The number of hydrogen-bond donors (Lipinski definition) is 2. The van der Waals surface area contributed by atoms with Crippen molar-refractivity contribution in [2.24, 2.45) is 0 Å². The summed E-state index contributed by atoms with van der Waals surface area (Å²) in [6.07, 6.45) is 7.20. The Morgan fingerprint density at radius 3 is 2.85 bits per heavy atom. The predicted octanol–water partition coefficient (Wildman–Crippen LogP) is 1.01. The minimum Gasteiger partial charge on any atom is -0.369 e. The molecule has 7 nitrogen and oxygen atoms in total. The summed E-state index contributed by atoms with van der Waals surface area (Å²) in [5.41, 5.74) is 0.728. The Hall–Kier alpha value is -1.83. The highest BCUT2D eigenvalue weighted by atomic mass is 32.2. The second-order valence-corrected chi connectivity index (χ2v) is 6.83. The lowest BCUT2D eigenvalue weighted by Crippen LogP contribution is -2.12. The minimum absolute atomic E-state index is 0.164. The number of nitrogens with zero attached hydrogens (tertiary/aromatic N) is 3. The third-order valence-electron chi connectivity index (χ3n) is 2.72. The number of anilines is 2. The van der Waals surface area contributed by atoms with Gasteiger partial charge in [0.15, 0.2) is 11.5 Å². The van der Waals surface area contributed by atoms with Crippen molar-refractivity contribution in [2.75, 3.05) is 35.7 Å². The van der Waals surface area contributed by atoms with Gasteiger partial charge in [0.2, 0.25) is 0 Å². The zero-order valence-electron chi connectivity index (χ0n) is 11.6. The van der Waals surface area contributed by atoms with E-state index in [4.69, 9.17) is 0 Å². The molecule has 2 rings (SSSR count). The van der Waals surface area contributed by atoms with E-state index in [2.05, 4.69) is 20.6 Å². The van der Waals surface area contributed by atoms with Crippen molar-refractivity contribution in [2.45, 2.75) is 13.3 Å². The molecule has 0 unspecified atom stereocenters. The highest BCUT2D eigenvalue weighted by molar-refractivity contribution is 7.90. The maximum Gasteiger partial charge on any atom is 0.180 e. The Balaban J connectivity index is 2.09. The van der Waals surface area contributed by atoms with E-state index in [0.29, 0.717) is 18.8 Å². The molecule has 2 heterocycles. The summed E-state index contributed by atoms with van der Waals surface area (Å²) in [5.74, 6) is 1.57. The highest BCUT2D eigenvalue weighted by Gasteiger charge is 2.07. The average molecular weight is 297 g/mol. The van der Waals surface area contributed by atoms with Crippen LogP contribution in [0.5, 0.6) is 0 Å². The molecular weight excluding hydrogens is 278 g/mol. The highest BCUT2D eigenvalue weighted by Crippen LogP contribution is 2.16. The molecule has 0 saturated heterocycles. The van der Waals surface area contributed by atoms with E-state index in [1.807, 2.05) is 23.7 Å². The summed E-state index contributed by atoms with van der Waals surface area (Å²) in [6, 6.07) is 0. The standard InChI is InChI=1S/C12H19N5O2S/c1-3-13-10-9-17-7-6-15-12(17)11(16-10)14-5-4-8-20(2,18)19/h6-7,9,13H,3-5,8H2,1-2H3,(H,14,16). The summed E-state index contributed by atoms with van der Waals surface area (Å²) < 4.78 is 24.0. The Kier molecular flexibility index (Phi) is 4.43. The van der Waals surface area contributed by atoms with Crippen LogP contribution in [0.3, 0.4) is 0 Å². The molecule has 0 bridgehead atoms. The Morgan fingerprint density at radius 1 is 1.35 bits per heavy atom. The van der Waals surface area contributed by atoms with Gasteiger partial charge in [-0.2, -0.15) is 0 Å². The van der Waals surface area contributed by atoms with Gasteiger partial charge in [0.25, 0.3) is 0 Å². The number of imidazole rings is 1. The first-order valence-electron chi connectivity index (χ1n) is 6.49. The van der Waals surface area contributed by atoms with Gasteiger partial charge >= 0.3 is 0 Å². The summed E-state index contributed by atoms with van der Waals surface area (Å²) in [7, 11) is -2.92. The molecule has 2 aromatic rings. The van der Waals surface area contributed by atoms with Gasteiger partial charge in [-0.25, -0.2) is 18.4 Å². The summed E-state index contributed by atoms with van der Waals surface area (Å²) in [6.45, 7) is 3.32. The number of aromatic nitrogens is 3. The van der Waals surface area contributed by atoms with Crippen LogP contribution in [0, 0.1) is 0 Å². The molecule has 20 heavy (non-hydrogen) atoms. The molecule has 0 fully saturated rings. The van der Waals surface area contributed by atoms with Crippen LogP contribution in [-0.2, 0) is 9.84 Å². The summed E-state index contributed by atoms with van der Waals surface area (Å²) >= 11 is 0. The molecule has 0 saturated carbocycles. The number of sulfone groups is 1. The third-order valence-corrected chi connectivity index (χ3v) is 3.75. The Bertz CT molecular complexity index is 680. The molecule has 0 aliphatic heterocycles. The van der Waals surface area contributed by atoms with Gasteiger partial charge < -0.3 is 15.0 Å². The molecule has 0 spiro atoms. The van der Waals surface area contributed by atoms with Gasteiger partial charge in [0.05, 0.1) is 11.9 Å². The molecule has 0 aromatic carbocycles. The van der Waals surface area contributed by atoms with E-state index < -0.39 is 9.84 Å². The lowest BCUT2D eigenvalue weighted by Gasteiger charge is -2.10. The van der Waals surface area contributed by atoms with Gasteiger partial charge in [0, 0.05) is 31.7 Å². The van der Waals surface area contributed by atoms with Crippen LogP contribution >= 0.6 is 0 Å². The molecular formula is C12H19N5O2S. The maximum atomic E-state index is 11.1. The van der Waals surface area contributed by atoms with Gasteiger partial charge in [-0.15, -0.1) is 0 Å². The average Bonchev–Trinajstić information content (AvgIpc) is 2.82. The quantitative estimate of drug-likeness (QED) is 0.741. The van der Waals surface area contributed by atoms with E-state index in [1.165, 1.54) is 6.26 Å². The van der Waals surface area contributed by atoms with Crippen LogP contribution in [0.25, 0.3) is 5.65 Å². The third kappa shape index (κ3) is 3.83. The molecule has 8 heteroatoms. The number of hydrogen-bond acceptors (Lipinski definition) is 6. The van der Waals surface area contributed by atoms with Gasteiger partial charge in [-0.1, -0.05) is 0 Å². The second-order valence-electron chi connectivity index (χ2n) is 4.57. The van der Waals surface area contributed by atoms with Crippen LogP contribution in [0.4, 0.5) is 11.6 Å². The lowest BCUT2D eigenvalue weighted by molar-refractivity contribution is 0.600. The van der Waals surface area contributed by atoms with Crippen LogP contribution in [-0.4, -0.2) is 47.9 Å². The normalized spacial score (nSPS) is 11.7. The van der Waals surface area contributed by atoms with Crippen molar-refractivity contribution in [3.05, 3.63) is 18.6 Å². The lowest BCUT2D eigenvalue weighted by atomic mass is 10.4. The first-order chi connectivity index (χ1) is 9.49. The first-order valence-corrected chi connectivity index (χ1v) is 8.55. The van der Waals surface area contributed by atoms with Crippen molar-refractivity contribution in [1.82, 2.24) is 14.4 Å². The van der Waals surface area contributed by atoms with Crippen molar-refractivity contribution in [3.63, 3.8) is 0 Å². The molecule has 0 aliphatic carbocycles. The molecule has 0 aliphatic rings. The fourth-order valence-corrected chi connectivity index (χ4v) is 2.53. The maximum absolute atomic E-state index is 11.1. The number of fused-ring (bicyclic) bond motifs is 1. The second kappa shape index (κ2) is 6.08. The van der Waals surface area contributed by atoms with E-state index in [-0.39, 0.29) is 5.75 Å². The molecule has 110 valence electrons. The summed E-state index contributed by atoms with van der Waals surface area (Å²) in [4.78, 5) is 8.68. The van der Waals surface area contributed by atoms with Gasteiger partial charge in [-0.05, 0) is 13.3 Å². The Morgan fingerprint density at radius 2 is 2.15 bits per heavy atom. The van der Waals surface area contributed by atoms with Crippen molar-refractivity contribution in [3.8, 4) is 0 Å². The molecule has 0 atom stereocenters. The largest absolute Gasteiger partial charge is 0.369 e. The van der Waals surface area contributed by atoms with Crippen LogP contribution < -0.4 is 10.6 Å². The molecule has 2 N–H and O–H groups in total. The first kappa shape index (κ1) is 14.6. The fourth-order valence-electron chi connectivity index (χ4n) is 1.86. The topological polar surface area (TPSA) is 88.4 Å².